The van der Waals surface area contributed by atoms with E-state index in [2.05, 4.69) is 46.6 Å². The summed E-state index contributed by atoms with van der Waals surface area (Å²) in [5.41, 5.74) is 0.481. The van der Waals surface area contributed by atoms with Crippen molar-refractivity contribution in [2.45, 2.75) is 45.2 Å². The van der Waals surface area contributed by atoms with E-state index in [1.807, 2.05) is 0 Å². The average Bonchev–Trinajstić information content (AvgIpc) is 1.56. The second kappa shape index (κ2) is 3.41. The van der Waals surface area contributed by atoms with Gasteiger partial charge in [-0.2, -0.15) is 0 Å². The van der Waals surface area contributed by atoms with Gasteiger partial charge >= 0.3 is 0 Å². The molecule has 0 bridgehead atoms. The van der Waals surface area contributed by atoms with Crippen molar-refractivity contribution in [2.24, 2.45) is 0 Å². The summed E-state index contributed by atoms with van der Waals surface area (Å²) in [4.78, 5) is 0. The highest BCUT2D eigenvalue weighted by Gasteiger charge is 2.32. The zero-order valence-corrected chi connectivity index (χ0v) is 10.7. The van der Waals surface area contributed by atoms with E-state index >= 15 is 0 Å². The molecule has 0 aromatic rings. The molecule has 0 aliphatic rings. The predicted molar refractivity (Wildman–Crippen MR) is 56.7 cm³/mol. The minimum atomic E-state index is -1.47. The minimum Gasteiger partial charge on any atom is -0.456 e. The van der Waals surface area contributed by atoms with Crippen LogP contribution in [0, 0.1) is 6.92 Å². The normalized spacial score (nSPS) is 14.2. The molecule has 1 radical (unpaired) electrons. The van der Waals surface area contributed by atoms with Crippen LogP contribution in [0.5, 0.6) is 0 Å². The van der Waals surface area contributed by atoms with Crippen LogP contribution in [0.4, 0.5) is 0 Å². The second-order valence-corrected chi connectivity index (χ2v) is 14.0. The molecular formula is C8H21OSi2. The maximum absolute atomic E-state index is 6.10. The molecule has 0 saturated heterocycles. The van der Waals surface area contributed by atoms with Crippen LogP contribution in [0.1, 0.15) is 6.92 Å². The molecule has 0 aromatic carbocycles. The highest BCUT2D eigenvalue weighted by Crippen LogP contribution is 2.24. The Balaban J connectivity index is 4.13. The summed E-state index contributed by atoms with van der Waals surface area (Å²) in [7, 11) is -2.80. The third kappa shape index (κ3) is 4.77. The molecule has 0 amide bonds. The van der Waals surface area contributed by atoms with Crippen molar-refractivity contribution < 1.29 is 4.12 Å². The van der Waals surface area contributed by atoms with Gasteiger partial charge in [-0.05, 0) is 38.3 Å². The zero-order valence-electron chi connectivity index (χ0n) is 8.69. The first kappa shape index (κ1) is 11.4. The monoisotopic (exact) mass is 189 g/mol. The Morgan fingerprint density at radius 3 is 1.55 bits per heavy atom. The molecule has 0 spiro atoms. The molecule has 0 aliphatic carbocycles. The Labute approximate surface area is 73.4 Å². The van der Waals surface area contributed by atoms with Crippen molar-refractivity contribution in [3.63, 3.8) is 0 Å². The van der Waals surface area contributed by atoms with E-state index in [0.29, 0.717) is 5.54 Å². The van der Waals surface area contributed by atoms with E-state index in [4.69, 9.17) is 4.12 Å². The first-order valence-electron chi connectivity index (χ1n) is 4.18. The van der Waals surface area contributed by atoms with Gasteiger partial charge in [-0.15, -0.1) is 0 Å². The Hall–Kier alpha value is 0.394. The van der Waals surface area contributed by atoms with Crippen molar-refractivity contribution in [3.8, 4) is 0 Å². The summed E-state index contributed by atoms with van der Waals surface area (Å²) in [5, 5.41) is 0. The van der Waals surface area contributed by atoms with Gasteiger partial charge in [0.25, 0.3) is 0 Å². The van der Waals surface area contributed by atoms with Gasteiger partial charge in [0, 0.05) is 0 Å². The van der Waals surface area contributed by atoms with Crippen LogP contribution in [0.2, 0.25) is 38.3 Å². The largest absolute Gasteiger partial charge is 0.456 e. The first-order valence-corrected chi connectivity index (χ1v) is 10.6. The lowest BCUT2D eigenvalue weighted by Gasteiger charge is -2.34. The van der Waals surface area contributed by atoms with Crippen LogP contribution in [-0.4, -0.2) is 16.6 Å². The molecule has 0 rings (SSSR count). The molecule has 3 heteroatoms. The van der Waals surface area contributed by atoms with Crippen molar-refractivity contribution in [1.29, 1.82) is 0 Å². The fraction of sp³-hybridized carbons (Fsp3) is 0.875. The summed E-state index contributed by atoms with van der Waals surface area (Å²) in [6, 6.07) is 0. The maximum Gasteiger partial charge on any atom is 0.176 e. The van der Waals surface area contributed by atoms with Crippen LogP contribution in [0.3, 0.4) is 0 Å². The summed E-state index contributed by atoms with van der Waals surface area (Å²) in [6.45, 7) is 17.4. The first-order chi connectivity index (χ1) is 4.65. The predicted octanol–water partition coefficient (Wildman–Crippen LogP) is 3.27. The molecule has 1 unspecified atom stereocenters. The topological polar surface area (TPSA) is 9.23 Å². The Kier molecular flexibility index (Phi) is 3.53. The van der Waals surface area contributed by atoms with E-state index in [1.165, 1.54) is 0 Å². The van der Waals surface area contributed by atoms with Gasteiger partial charge in [0.2, 0.25) is 0 Å². The second-order valence-electron chi connectivity index (χ2n) is 4.72. The fourth-order valence-corrected chi connectivity index (χ4v) is 8.01. The van der Waals surface area contributed by atoms with Crippen LogP contribution >= 0.6 is 0 Å². The van der Waals surface area contributed by atoms with Crippen molar-refractivity contribution in [3.05, 3.63) is 6.92 Å². The average molecular weight is 189 g/mol. The van der Waals surface area contributed by atoms with E-state index in [9.17, 15) is 0 Å². The summed E-state index contributed by atoms with van der Waals surface area (Å²) < 4.78 is 6.10. The smallest absolute Gasteiger partial charge is 0.176 e. The van der Waals surface area contributed by atoms with Gasteiger partial charge < -0.3 is 4.12 Å². The van der Waals surface area contributed by atoms with Crippen molar-refractivity contribution in [2.75, 3.05) is 0 Å². The van der Waals surface area contributed by atoms with Gasteiger partial charge in [-0.3, -0.25) is 0 Å². The van der Waals surface area contributed by atoms with Crippen molar-refractivity contribution >= 4 is 16.6 Å². The van der Waals surface area contributed by atoms with Crippen LogP contribution in [0.25, 0.3) is 0 Å². The van der Waals surface area contributed by atoms with Crippen LogP contribution in [0.15, 0.2) is 0 Å². The third-order valence-electron chi connectivity index (χ3n) is 1.76. The Morgan fingerprint density at radius 1 is 1.09 bits per heavy atom. The Morgan fingerprint density at radius 2 is 1.45 bits per heavy atom. The van der Waals surface area contributed by atoms with E-state index in [1.54, 1.807) is 0 Å². The zero-order chi connectivity index (χ0) is 9.28. The SMILES string of the molecule is [CH2]C(C)[Si](C)(C)O[Si](C)(C)C. The van der Waals surface area contributed by atoms with E-state index < -0.39 is 16.6 Å². The molecule has 0 fully saturated rings. The quantitative estimate of drug-likeness (QED) is 0.619. The molecule has 0 aliphatic heterocycles. The van der Waals surface area contributed by atoms with E-state index in [-0.39, 0.29) is 0 Å². The van der Waals surface area contributed by atoms with Crippen molar-refractivity contribution in [1.82, 2.24) is 0 Å². The van der Waals surface area contributed by atoms with Gasteiger partial charge in [-0.1, -0.05) is 13.8 Å². The van der Waals surface area contributed by atoms with Crippen LogP contribution in [-0.2, 0) is 4.12 Å². The number of rotatable bonds is 3. The third-order valence-corrected chi connectivity index (χ3v) is 8.68. The van der Waals surface area contributed by atoms with Gasteiger partial charge in [0.05, 0.1) is 0 Å². The van der Waals surface area contributed by atoms with Gasteiger partial charge in [0.1, 0.15) is 0 Å². The lowest BCUT2D eigenvalue weighted by molar-refractivity contribution is 0.539. The van der Waals surface area contributed by atoms with E-state index in [0.717, 1.165) is 0 Å². The number of hydrogen-bond donors (Lipinski definition) is 0. The Bertz CT molecular complexity index is 125. The molecule has 1 atom stereocenters. The highest BCUT2D eigenvalue weighted by atomic mass is 28.4. The molecule has 11 heavy (non-hydrogen) atoms. The molecular weight excluding hydrogens is 168 g/mol. The van der Waals surface area contributed by atoms with Gasteiger partial charge in [-0.25, -0.2) is 0 Å². The minimum absolute atomic E-state index is 0.481. The molecule has 0 saturated carbocycles. The lowest BCUT2D eigenvalue weighted by Crippen LogP contribution is -2.44. The molecule has 0 heterocycles. The lowest BCUT2D eigenvalue weighted by atomic mass is 10.6. The number of hydrogen-bond acceptors (Lipinski definition) is 1. The molecule has 0 N–H and O–H groups in total. The summed E-state index contributed by atoms with van der Waals surface area (Å²) in [5.74, 6) is 0. The molecule has 1 nitrogen and oxygen atoms in total. The molecule has 67 valence electrons. The molecule has 0 aromatic heterocycles. The standard InChI is InChI=1S/C8H21OSi2/c1-8(2)11(6,7)9-10(3,4)5/h8H,1H2,2-7H3. The summed E-state index contributed by atoms with van der Waals surface area (Å²) in [6.07, 6.45) is 0. The van der Waals surface area contributed by atoms with Crippen LogP contribution < -0.4 is 0 Å². The summed E-state index contributed by atoms with van der Waals surface area (Å²) >= 11 is 0. The van der Waals surface area contributed by atoms with Gasteiger partial charge in [0.15, 0.2) is 16.6 Å². The highest BCUT2D eigenvalue weighted by molar-refractivity contribution is 6.85. The fourth-order valence-electron chi connectivity index (χ4n) is 0.890. The maximum atomic E-state index is 6.10.